The lowest BCUT2D eigenvalue weighted by Gasteiger charge is -2.34. The predicted molar refractivity (Wildman–Crippen MR) is 92.6 cm³/mol. The number of benzene rings is 1. The molecule has 1 aromatic rings. The SMILES string of the molecule is Cc1cccc(NC(=O)[C@H]2CC=CC[C@H]2C(=O)N2CCOCC2)c1. The number of hydrogen-bond acceptors (Lipinski definition) is 3. The predicted octanol–water partition coefficient (Wildman–Crippen LogP) is 2.37. The second-order valence-corrected chi connectivity index (χ2v) is 6.45. The van der Waals surface area contributed by atoms with Gasteiger partial charge >= 0.3 is 0 Å². The number of morpholine rings is 1. The fraction of sp³-hybridized carbons (Fsp3) is 0.474. The molecule has 0 unspecified atom stereocenters. The van der Waals surface area contributed by atoms with Crippen molar-refractivity contribution in [3.8, 4) is 0 Å². The van der Waals surface area contributed by atoms with Crippen LogP contribution in [0.15, 0.2) is 36.4 Å². The first kappa shape index (κ1) is 16.7. The summed E-state index contributed by atoms with van der Waals surface area (Å²) in [4.78, 5) is 27.4. The van der Waals surface area contributed by atoms with Gasteiger partial charge < -0.3 is 15.0 Å². The number of carbonyl (C=O) groups excluding carboxylic acids is 2. The summed E-state index contributed by atoms with van der Waals surface area (Å²) in [6.45, 7) is 4.38. The number of amides is 2. The maximum atomic E-state index is 12.8. The maximum Gasteiger partial charge on any atom is 0.228 e. The molecule has 2 atom stereocenters. The summed E-state index contributed by atoms with van der Waals surface area (Å²) in [5.74, 6) is -0.590. The van der Waals surface area contributed by atoms with E-state index in [0.29, 0.717) is 39.1 Å². The van der Waals surface area contributed by atoms with Gasteiger partial charge in [-0.2, -0.15) is 0 Å². The molecule has 3 rings (SSSR count). The number of nitrogens with zero attached hydrogens (tertiary/aromatic N) is 1. The average Bonchev–Trinajstić information content (AvgIpc) is 2.62. The molecule has 5 heteroatoms. The lowest BCUT2D eigenvalue weighted by atomic mass is 9.81. The quantitative estimate of drug-likeness (QED) is 0.867. The van der Waals surface area contributed by atoms with Crippen LogP contribution >= 0.6 is 0 Å². The molecule has 2 amide bonds. The van der Waals surface area contributed by atoms with E-state index in [-0.39, 0.29) is 23.7 Å². The third-order valence-electron chi connectivity index (χ3n) is 4.69. The molecule has 1 heterocycles. The minimum atomic E-state index is -0.314. The topological polar surface area (TPSA) is 58.6 Å². The Bertz CT molecular complexity index is 635. The van der Waals surface area contributed by atoms with Crippen LogP contribution in [0, 0.1) is 18.8 Å². The standard InChI is InChI=1S/C19H24N2O3/c1-14-5-4-6-15(13-14)20-18(22)16-7-2-3-8-17(16)19(23)21-9-11-24-12-10-21/h2-6,13,16-17H,7-12H2,1H3,(H,20,22)/t16-,17+/m0/s1. The van der Waals surface area contributed by atoms with E-state index in [2.05, 4.69) is 5.32 Å². The van der Waals surface area contributed by atoms with Gasteiger partial charge in [-0.25, -0.2) is 0 Å². The van der Waals surface area contributed by atoms with E-state index in [1.54, 1.807) is 0 Å². The zero-order valence-electron chi connectivity index (χ0n) is 14.0. The highest BCUT2D eigenvalue weighted by Gasteiger charge is 2.36. The molecule has 1 aliphatic heterocycles. The second-order valence-electron chi connectivity index (χ2n) is 6.45. The van der Waals surface area contributed by atoms with Crippen LogP contribution in [0.1, 0.15) is 18.4 Å². The minimum absolute atomic E-state index is 0.0726. The highest BCUT2D eigenvalue weighted by Crippen LogP contribution is 2.29. The van der Waals surface area contributed by atoms with Crippen LogP contribution in [-0.2, 0) is 14.3 Å². The van der Waals surface area contributed by atoms with Gasteiger partial charge in [0.1, 0.15) is 0 Å². The Kier molecular flexibility index (Phi) is 5.30. The van der Waals surface area contributed by atoms with Crippen molar-refractivity contribution in [3.05, 3.63) is 42.0 Å². The van der Waals surface area contributed by atoms with E-state index in [1.165, 1.54) is 0 Å². The van der Waals surface area contributed by atoms with Gasteiger partial charge in [0, 0.05) is 18.8 Å². The molecule has 1 aliphatic carbocycles. The highest BCUT2D eigenvalue weighted by atomic mass is 16.5. The maximum absolute atomic E-state index is 12.8. The number of aryl methyl sites for hydroxylation is 1. The van der Waals surface area contributed by atoms with Gasteiger partial charge in [0.25, 0.3) is 0 Å². The largest absolute Gasteiger partial charge is 0.378 e. The highest BCUT2D eigenvalue weighted by molar-refractivity contribution is 5.96. The molecule has 1 fully saturated rings. The Balaban J connectivity index is 1.70. The van der Waals surface area contributed by atoms with Gasteiger partial charge in [0.15, 0.2) is 0 Å². The zero-order chi connectivity index (χ0) is 16.9. The van der Waals surface area contributed by atoms with Crippen molar-refractivity contribution in [3.63, 3.8) is 0 Å². The number of anilines is 1. The van der Waals surface area contributed by atoms with Gasteiger partial charge in [-0.3, -0.25) is 9.59 Å². The van der Waals surface area contributed by atoms with E-state index in [1.807, 2.05) is 48.2 Å². The number of rotatable bonds is 3. The van der Waals surface area contributed by atoms with Crippen LogP contribution in [0.25, 0.3) is 0 Å². The number of hydrogen-bond donors (Lipinski definition) is 1. The summed E-state index contributed by atoms with van der Waals surface area (Å²) < 4.78 is 5.31. The molecule has 1 N–H and O–H groups in total. The van der Waals surface area contributed by atoms with Crippen LogP contribution in [0.4, 0.5) is 5.69 Å². The number of ether oxygens (including phenoxy) is 1. The normalized spacial score (nSPS) is 23.8. The van der Waals surface area contributed by atoms with Crippen molar-refractivity contribution in [1.82, 2.24) is 4.90 Å². The number of allylic oxidation sites excluding steroid dienone is 2. The molecule has 1 saturated heterocycles. The van der Waals surface area contributed by atoms with Gasteiger partial charge in [0.2, 0.25) is 11.8 Å². The van der Waals surface area contributed by atoms with Crippen molar-refractivity contribution in [1.29, 1.82) is 0 Å². The summed E-state index contributed by atoms with van der Waals surface area (Å²) in [5, 5.41) is 2.97. The first-order valence-corrected chi connectivity index (χ1v) is 8.54. The molecule has 1 aromatic carbocycles. The summed E-state index contributed by atoms with van der Waals surface area (Å²) in [6.07, 6.45) is 5.25. The van der Waals surface area contributed by atoms with Crippen molar-refractivity contribution >= 4 is 17.5 Å². The van der Waals surface area contributed by atoms with Crippen LogP contribution in [0.2, 0.25) is 0 Å². The van der Waals surface area contributed by atoms with Crippen LogP contribution in [0.3, 0.4) is 0 Å². The average molecular weight is 328 g/mol. The molecule has 0 saturated carbocycles. The van der Waals surface area contributed by atoms with E-state index in [4.69, 9.17) is 4.74 Å². The van der Waals surface area contributed by atoms with E-state index in [0.717, 1.165) is 11.3 Å². The smallest absolute Gasteiger partial charge is 0.228 e. The van der Waals surface area contributed by atoms with Crippen molar-refractivity contribution in [2.75, 3.05) is 31.6 Å². The van der Waals surface area contributed by atoms with E-state index < -0.39 is 0 Å². The fourth-order valence-corrected chi connectivity index (χ4v) is 3.35. The fourth-order valence-electron chi connectivity index (χ4n) is 3.35. The first-order chi connectivity index (χ1) is 11.6. The third kappa shape index (κ3) is 3.85. The molecule has 24 heavy (non-hydrogen) atoms. The van der Waals surface area contributed by atoms with Crippen molar-refractivity contribution in [2.24, 2.45) is 11.8 Å². The number of nitrogens with one attached hydrogen (secondary N) is 1. The van der Waals surface area contributed by atoms with Crippen LogP contribution in [-0.4, -0.2) is 43.0 Å². The second kappa shape index (κ2) is 7.62. The van der Waals surface area contributed by atoms with Crippen molar-refractivity contribution < 1.29 is 14.3 Å². The molecule has 0 aromatic heterocycles. The summed E-state index contributed by atoms with van der Waals surface area (Å²) in [6, 6.07) is 7.73. The van der Waals surface area contributed by atoms with E-state index in [9.17, 15) is 9.59 Å². The Morgan fingerprint density at radius 3 is 2.54 bits per heavy atom. The minimum Gasteiger partial charge on any atom is -0.378 e. The van der Waals surface area contributed by atoms with Gasteiger partial charge in [-0.05, 0) is 37.5 Å². The molecule has 0 radical (unpaired) electrons. The first-order valence-electron chi connectivity index (χ1n) is 8.54. The van der Waals surface area contributed by atoms with Gasteiger partial charge in [-0.15, -0.1) is 0 Å². The molecule has 2 aliphatic rings. The lowest BCUT2D eigenvalue weighted by Crippen LogP contribution is -2.47. The molecule has 128 valence electrons. The molecular formula is C19H24N2O3. The molecule has 5 nitrogen and oxygen atoms in total. The summed E-state index contributed by atoms with van der Waals surface area (Å²) in [7, 11) is 0. The van der Waals surface area contributed by atoms with E-state index >= 15 is 0 Å². The Labute approximate surface area is 142 Å². The van der Waals surface area contributed by atoms with Crippen molar-refractivity contribution in [2.45, 2.75) is 19.8 Å². The molecular weight excluding hydrogens is 304 g/mol. The summed E-state index contributed by atoms with van der Waals surface area (Å²) >= 11 is 0. The molecule has 0 bridgehead atoms. The van der Waals surface area contributed by atoms with Crippen LogP contribution < -0.4 is 5.32 Å². The van der Waals surface area contributed by atoms with Gasteiger partial charge in [0.05, 0.1) is 25.0 Å². The summed E-state index contributed by atoms with van der Waals surface area (Å²) in [5.41, 5.74) is 1.88. The van der Waals surface area contributed by atoms with Gasteiger partial charge in [-0.1, -0.05) is 24.3 Å². The number of carbonyl (C=O) groups is 2. The van der Waals surface area contributed by atoms with Crippen LogP contribution in [0.5, 0.6) is 0 Å². The monoisotopic (exact) mass is 328 g/mol. The Hall–Kier alpha value is -2.14. The Morgan fingerprint density at radius 2 is 1.83 bits per heavy atom. The third-order valence-corrected chi connectivity index (χ3v) is 4.69. The Morgan fingerprint density at radius 1 is 1.12 bits per heavy atom. The lowest BCUT2D eigenvalue weighted by molar-refractivity contribution is -0.144. The molecule has 0 spiro atoms. The zero-order valence-corrected chi connectivity index (χ0v) is 14.0.